The molecule has 1 aromatic rings. The summed E-state index contributed by atoms with van der Waals surface area (Å²) in [6.07, 6.45) is 0. The highest BCUT2D eigenvalue weighted by molar-refractivity contribution is 7.87. The minimum atomic E-state index is -3.64. The summed E-state index contributed by atoms with van der Waals surface area (Å²) in [5, 5.41) is 4.97. The fraction of sp³-hybridized carbons (Fsp3) is 0.692. The van der Waals surface area contributed by atoms with Gasteiger partial charge in [0.25, 0.3) is 10.2 Å². The molecule has 7 nitrogen and oxygen atoms in total. The first-order chi connectivity index (χ1) is 9.65. The third-order valence-electron chi connectivity index (χ3n) is 3.39. The summed E-state index contributed by atoms with van der Waals surface area (Å²) in [7, 11) is -3.64. The molecule has 1 aliphatic rings. The molecule has 8 heteroatoms. The largest absolute Gasteiger partial charge is 0.353 e. The molecule has 3 N–H and O–H groups in total. The van der Waals surface area contributed by atoms with Crippen molar-refractivity contribution in [3.8, 4) is 0 Å². The average molecular weight is 313 g/mol. The highest BCUT2D eigenvalue weighted by Gasteiger charge is 2.30. The molecule has 1 aliphatic heterocycles. The van der Waals surface area contributed by atoms with Crippen LogP contribution in [0.5, 0.6) is 0 Å². The van der Waals surface area contributed by atoms with E-state index in [1.54, 1.807) is 0 Å². The smallest absolute Gasteiger partial charge is 0.274 e. The maximum Gasteiger partial charge on any atom is 0.274 e. The number of anilines is 1. The minimum Gasteiger partial charge on any atom is -0.353 e. The number of hydrogen-bond donors (Lipinski definition) is 2. The Balaban J connectivity index is 2.14. The van der Waals surface area contributed by atoms with Gasteiger partial charge in [-0.15, -0.1) is 0 Å². The molecule has 0 atom stereocenters. The molecule has 1 aromatic heterocycles. The van der Waals surface area contributed by atoms with Crippen molar-refractivity contribution in [2.24, 2.45) is 5.14 Å². The van der Waals surface area contributed by atoms with Gasteiger partial charge in [0.2, 0.25) is 0 Å². The first-order valence-electron chi connectivity index (χ1n) is 7.09. The molecule has 0 unspecified atom stereocenters. The summed E-state index contributed by atoms with van der Waals surface area (Å²) >= 11 is 0. The normalized spacial score (nSPS) is 16.6. The molecule has 0 radical (unpaired) electrons. The second-order valence-corrected chi connectivity index (χ2v) is 7.41. The predicted molar refractivity (Wildman–Crippen MR) is 82.5 cm³/mol. The van der Waals surface area contributed by atoms with Crippen molar-refractivity contribution in [2.75, 3.05) is 18.0 Å². The van der Waals surface area contributed by atoms with Gasteiger partial charge in [0.15, 0.2) is 0 Å². The minimum absolute atomic E-state index is 0.153. The van der Waals surface area contributed by atoms with Crippen molar-refractivity contribution in [1.29, 1.82) is 0 Å². The van der Waals surface area contributed by atoms with E-state index in [2.05, 4.69) is 42.4 Å². The van der Waals surface area contributed by atoms with Gasteiger partial charge in [-0.3, -0.25) is 0 Å². The first-order valence-corrected chi connectivity index (χ1v) is 8.64. The highest BCUT2D eigenvalue weighted by Crippen LogP contribution is 2.24. The number of aromatic nitrogens is 2. The Morgan fingerprint density at radius 1 is 1.24 bits per heavy atom. The second kappa shape index (κ2) is 5.86. The lowest BCUT2D eigenvalue weighted by molar-refractivity contribution is 0.465. The summed E-state index contributed by atoms with van der Waals surface area (Å²) in [6.45, 7) is 9.45. The Labute approximate surface area is 126 Å². The number of nitrogens with two attached hydrogens (primary N) is 1. The number of nitrogens with zero attached hydrogens (tertiary/aromatic N) is 3. The molecular formula is C13H23N5O2S. The molecule has 2 rings (SSSR count). The van der Waals surface area contributed by atoms with Crippen molar-refractivity contribution in [2.45, 2.75) is 45.6 Å². The summed E-state index contributed by atoms with van der Waals surface area (Å²) in [6, 6.07) is 1.82. The number of nitrogens with one attached hydrogen (secondary N) is 1. The molecule has 2 heterocycles. The van der Waals surface area contributed by atoms with E-state index in [1.165, 1.54) is 0 Å². The lowest BCUT2D eigenvalue weighted by Crippen LogP contribution is -2.60. The molecule has 0 bridgehead atoms. The van der Waals surface area contributed by atoms with Crippen LogP contribution in [0.4, 0.5) is 5.82 Å². The van der Waals surface area contributed by atoms with Crippen molar-refractivity contribution in [3.63, 3.8) is 0 Å². The zero-order valence-electron chi connectivity index (χ0n) is 12.9. The second-order valence-electron chi connectivity index (χ2n) is 6.08. The van der Waals surface area contributed by atoms with E-state index in [0.29, 0.717) is 19.0 Å². The van der Waals surface area contributed by atoms with Crippen LogP contribution in [0.1, 0.15) is 51.0 Å². The van der Waals surface area contributed by atoms with Gasteiger partial charge in [-0.05, 0) is 5.92 Å². The fourth-order valence-electron chi connectivity index (χ4n) is 2.16. The molecule has 21 heavy (non-hydrogen) atoms. The SMILES string of the molecule is CC(C)c1cc(N2CC(NS(N)(=O)=O)C2)nc(C(C)C)n1. The predicted octanol–water partition coefficient (Wildman–Crippen LogP) is 0.705. The fourth-order valence-corrected chi connectivity index (χ4v) is 2.77. The van der Waals surface area contributed by atoms with Gasteiger partial charge in [-0.1, -0.05) is 27.7 Å². The van der Waals surface area contributed by atoms with E-state index < -0.39 is 10.2 Å². The van der Waals surface area contributed by atoms with Gasteiger partial charge in [0, 0.05) is 30.8 Å². The topological polar surface area (TPSA) is 101 Å². The van der Waals surface area contributed by atoms with Gasteiger partial charge < -0.3 is 4.90 Å². The molecule has 0 aromatic carbocycles. The van der Waals surface area contributed by atoms with E-state index in [-0.39, 0.29) is 12.0 Å². The maximum absolute atomic E-state index is 11.0. The standard InChI is InChI=1S/C13H23N5O2S/c1-8(2)11-5-12(16-13(15-11)9(3)4)18-6-10(7-18)17-21(14,19)20/h5,8-10,17H,6-7H2,1-4H3,(H2,14,19,20). The van der Waals surface area contributed by atoms with Crippen molar-refractivity contribution < 1.29 is 8.42 Å². The van der Waals surface area contributed by atoms with Crippen LogP contribution >= 0.6 is 0 Å². The highest BCUT2D eigenvalue weighted by atomic mass is 32.2. The van der Waals surface area contributed by atoms with Gasteiger partial charge in [0.05, 0.1) is 6.04 Å². The zero-order valence-corrected chi connectivity index (χ0v) is 13.7. The quantitative estimate of drug-likeness (QED) is 0.833. The van der Waals surface area contributed by atoms with Crippen LogP contribution < -0.4 is 14.8 Å². The molecule has 0 aliphatic carbocycles. The Bertz CT molecular complexity index is 583. The van der Waals surface area contributed by atoms with E-state index in [0.717, 1.165) is 17.3 Å². The van der Waals surface area contributed by atoms with Crippen LogP contribution in [-0.2, 0) is 10.2 Å². The van der Waals surface area contributed by atoms with E-state index in [9.17, 15) is 8.42 Å². The van der Waals surface area contributed by atoms with Gasteiger partial charge in [-0.2, -0.15) is 13.1 Å². The third kappa shape index (κ3) is 4.12. The lowest BCUT2D eigenvalue weighted by atomic mass is 10.1. The van der Waals surface area contributed by atoms with Gasteiger partial charge in [0.1, 0.15) is 11.6 Å². The molecule has 1 fully saturated rings. The molecule has 0 saturated carbocycles. The first kappa shape index (κ1) is 16.1. The van der Waals surface area contributed by atoms with Crippen LogP contribution in [0, 0.1) is 0 Å². The summed E-state index contributed by atoms with van der Waals surface area (Å²) < 4.78 is 24.4. The van der Waals surface area contributed by atoms with Crippen LogP contribution in [0.15, 0.2) is 6.07 Å². The number of hydrogen-bond acceptors (Lipinski definition) is 5. The Kier molecular flexibility index (Phi) is 4.50. The molecule has 0 amide bonds. The zero-order chi connectivity index (χ0) is 15.8. The van der Waals surface area contributed by atoms with Crippen molar-refractivity contribution >= 4 is 16.0 Å². The summed E-state index contributed by atoms with van der Waals surface area (Å²) in [5.74, 6) is 2.25. The summed E-state index contributed by atoms with van der Waals surface area (Å²) in [5.41, 5.74) is 1.01. The third-order valence-corrected chi connectivity index (χ3v) is 4.06. The van der Waals surface area contributed by atoms with E-state index >= 15 is 0 Å². The Morgan fingerprint density at radius 2 is 1.86 bits per heavy atom. The van der Waals surface area contributed by atoms with Crippen molar-refractivity contribution in [1.82, 2.24) is 14.7 Å². The maximum atomic E-state index is 11.0. The van der Waals surface area contributed by atoms with E-state index in [1.807, 2.05) is 11.0 Å². The van der Waals surface area contributed by atoms with E-state index in [4.69, 9.17) is 5.14 Å². The molecule has 118 valence electrons. The van der Waals surface area contributed by atoms with Crippen LogP contribution in [-0.4, -0.2) is 37.5 Å². The lowest BCUT2D eigenvalue weighted by Gasteiger charge is -2.40. The molecule has 1 saturated heterocycles. The average Bonchev–Trinajstić information content (AvgIpc) is 2.31. The number of rotatable bonds is 5. The molecular weight excluding hydrogens is 290 g/mol. The van der Waals surface area contributed by atoms with Gasteiger partial charge in [-0.25, -0.2) is 15.1 Å². The Hall–Kier alpha value is -1.25. The van der Waals surface area contributed by atoms with Crippen LogP contribution in [0.2, 0.25) is 0 Å². The van der Waals surface area contributed by atoms with Crippen molar-refractivity contribution in [3.05, 3.63) is 17.6 Å². The van der Waals surface area contributed by atoms with Gasteiger partial charge >= 0.3 is 0 Å². The summed E-state index contributed by atoms with van der Waals surface area (Å²) in [4.78, 5) is 11.2. The van der Waals surface area contributed by atoms with Crippen LogP contribution in [0.3, 0.4) is 0 Å². The monoisotopic (exact) mass is 313 g/mol. The van der Waals surface area contributed by atoms with Crippen LogP contribution in [0.25, 0.3) is 0 Å². The Morgan fingerprint density at radius 3 is 2.33 bits per heavy atom. The molecule has 0 spiro atoms.